The van der Waals surface area contributed by atoms with Crippen LogP contribution in [0.15, 0.2) is 41.6 Å². The molecule has 1 amide bonds. The molecule has 0 unspecified atom stereocenters. The molecule has 5 atom stereocenters. The molecule has 1 aromatic heterocycles. The van der Waals surface area contributed by atoms with Crippen LogP contribution in [0.25, 0.3) is 10.9 Å². The second-order valence-corrected chi connectivity index (χ2v) is 12.9. The zero-order chi connectivity index (χ0) is 27.5. The Morgan fingerprint density at radius 3 is 2.63 bits per heavy atom. The van der Waals surface area contributed by atoms with Crippen LogP contribution in [-0.4, -0.2) is 21.7 Å². The molecule has 0 radical (unpaired) electrons. The minimum Gasteiger partial charge on any atom is -0.393 e. The highest BCUT2D eigenvalue weighted by Crippen LogP contribution is 2.64. The molecule has 5 rings (SSSR count). The van der Waals surface area contributed by atoms with Gasteiger partial charge in [-0.2, -0.15) is 0 Å². The summed E-state index contributed by atoms with van der Waals surface area (Å²) >= 11 is 0. The number of nitrogens with zero attached hydrogens (tertiary/aromatic N) is 1. The van der Waals surface area contributed by atoms with Gasteiger partial charge in [0.05, 0.1) is 11.6 Å². The Hall–Kier alpha value is -2.28. The van der Waals surface area contributed by atoms with Crippen LogP contribution in [0.2, 0.25) is 0 Å². The number of benzene rings is 1. The summed E-state index contributed by atoms with van der Waals surface area (Å²) in [6.45, 7) is 9.25. The number of carbonyl (C=O) groups excluding carboxylic acids is 1. The lowest BCUT2D eigenvalue weighted by atomic mass is 9.43. The van der Waals surface area contributed by atoms with Crippen LogP contribution >= 0.6 is 0 Å². The van der Waals surface area contributed by atoms with Gasteiger partial charge in [-0.3, -0.25) is 9.36 Å². The van der Waals surface area contributed by atoms with Crippen LogP contribution in [0.5, 0.6) is 0 Å². The van der Waals surface area contributed by atoms with Crippen LogP contribution in [0, 0.1) is 28.6 Å². The summed E-state index contributed by atoms with van der Waals surface area (Å²) in [5.41, 5.74) is 3.83. The fraction of sp³-hybridized carbons (Fsp3) is 0.645. The number of aliphatic hydroxyl groups is 1. The summed E-state index contributed by atoms with van der Waals surface area (Å²) in [7, 11) is 0. The number of amides is 1. The maximum Gasteiger partial charge on any atom is 0.488 e. The number of aliphatic hydroxyl groups excluding tert-OH is 1. The number of aromatic nitrogens is 1. The smallest absolute Gasteiger partial charge is 0.393 e. The number of alkyl halides is 3. The number of rotatable bonds is 5. The van der Waals surface area contributed by atoms with Crippen molar-refractivity contribution in [2.45, 2.75) is 97.9 Å². The number of fused-ring (bicyclic) bond motifs is 4. The first-order valence-electron chi connectivity index (χ1n) is 14.2. The van der Waals surface area contributed by atoms with Crippen molar-refractivity contribution in [1.82, 2.24) is 4.57 Å². The Labute approximate surface area is 223 Å². The lowest BCUT2D eigenvalue weighted by Crippen LogP contribution is -2.56. The summed E-state index contributed by atoms with van der Waals surface area (Å²) in [4.78, 5) is 12.7. The molecule has 1 aromatic carbocycles. The van der Waals surface area contributed by atoms with Crippen LogP contribution in [0.4, 0.5) is 18.9 Å². The van der Waals surface area contributed by atoms with Crippen LogP contribution in [0.1, 0.15) is 85.5 Å². The van der Waals surface area contributed by atoms with E-state index >= 15 is 0 Å². The van der Waals surface area contributed by atoms with Crippen molar-refractivity contribution in [2.75, 3.05) is 5.32 Å². The Kier molecular flexibility index (Phi) is 6.98. The van der Waals surface area contributed by atoms with Gasteiger partial charge in [0, 0.05) is 23.7 Å². The number of hydrogen-bond acceptors (Lipinski definition) is 2. The first kappa shape index (κ1) is 27.3. The average molecular weight is 531 g/mol. The Balaban J connectivity index is 1.21. The van der Waals surface area contributed by atoms with E-state index in [0.29, 0.717) is 35.2 Å². The van der Waals surface area contributed by atoms with Gasteiger partial charge in [0.1, 0.15) is 0 Å². The Bertz CT molecular complexity index is 1240. The van der Waals surface area contributed by atoms with Crippen molar-refractivity contribution in [3.8, 4) is 0 Å². The van der Waals surface area contributed by atoms with Gasteiger partial charge in [0.15, 0.2) is 0 Å². The third kappa shape index (κ3) is 4.69. The lowest BCUT2D eigenvalue weighted by Gasteiger charge is -2.62. The highest BCUT2D eigenvalue weighted by molar-refractivity contribution is 5.93. The molecule has 3 aliphatic rings. The predicted octanol–water partition coefficient (Wildman–Crippen LogP) is 8.17. The quantitative estimate of drug-likeness (QED) is 0.383. The van der Waals surface area contributed by atoms with E-state index in [-0.39, 0.29) is 32.9 Å². The first-order chi connectivity index (χ1) is 17.8. The van der Waals surface area contributed by atoms with Crippen molar-refractivity contribution < 1.29 is 23.1 Å². The average Bonchev–Trinajstić information content (AvgIpc) is 3.27. The number of halogens is 3. The number of carbonyl (C=O) groups is 1. The van der Waals surface area contributed by atoms with Gasteiger partial charge >= 0.3 is 6.30 Å². The molecule has 38 heavy (non-hydrogen) atoms. The third-order valence-electron chi connectivity index (χ3n) is 10.5. The maximum absolute atomic E-state index is 13.1. The molecule has 0 spiro atoms. The van der Waals surface area contributed by atoms with Gasteiger partial charge < -0.3 is 10.4 Å². The van der Waals surface area contributed by atoms with E-state index in [1.54, 1.807) is 11.6 Å². The molecule has 208 valence electrons. The van der Waals surface area contributed by atoms with Gasteiger partial charge in [-0.15, -0.1) is 13.2 Å². The minimum atomic E-state index is -4.47. The molecule has 2 saturated carbocycles. The van der Waals surface area contributed by atoms with Gasteiger partial charge in [0.25, 0.3) is 0 Å². The number of anilines is 1. The van der Waals surface area contributed by atoms with E-state index in [1.165, 1.54) is 30.2 Å². The summed E-state index contributed by atoms with van der Waals surface area (Å²) in [5, 5.41) is 14.1. The van der Waals surface area contributed by atoms with Gasteiger partial charge in [-0.25, -0.2) is 0 Å². The topological polar surface area (TPSA) is 54.3 Å². The molecule has 2 aromatic rings. The van der Waals surface area contributed by atoms with Crippen LogP contribution in [-0.2, 0) is 11.1 Å². The van der Waals surface area contributed by atoms with Crippen LogP contribution < -0.4 is 5.32 Å². The SMILES string of the molecule is CC1=C(CCCC(=O)Nc2ccc3c(ccn3C(F)(F)F)c2)[C@@H]2CC[C@H]3C(C)(C)[C@@H](O)CC[C@]3(C)[C@H]2CC1. The largest absolute Gasteiger partial charge is 0.488 e. The Morgan fingerprint density at radius 1 is 1.13 bits per heavy atom. The van der Waals surface area contributed by atoms with Crippen molar-refractivity contribution in [1.29, 1.82) is 0 Å². The number of nitrogens with one attached hydrogen (secondary N) is 1. The second kappa shape index (κ2) is 9.72. The second-order valence-electron chi connectivity index (χ2n) is 12.9. The van der Waals surface area contributed by atoms with E-state index in [9.17, 15) is 23.1 Å². The van der Waals surface area contributed by atoms with Gasteiger partial charge in [0.2, 0.25) is 5.91 Å². The molecule has 0 saturated heterocycles. The molecule has 4 nitrogen and oxygen atoms in total. The zero-order valence-electron chi connectivity index (χ0n) is 23.0. The van der Waals surface area contributed by atoms with Gasteiger partial charge in [-0.05, 0) is 111 Å². The van der Waals surface area contributed by atoms with Crippen molar-refractivity contribution in [3.63, 3.8) is 0 Å². The van der Waals surface area contributed by atoms with Gasteiger partial charge in [-0.1, -0.05) is 31.9 Å². The Morgan fingerprint density at radius 2 is 1.89 bits per heavy atom. The highest BCUT2D eigenvalue weighted by atomic mass is 19.4. The maximum atomic E-state index is 13.1. The third-order valence-corrected chi connectivity index (χ3v) is 10.5. The molecule has 2 N–H and O–H groups in total. The van der Waals surface area contributed by atoms with E-state index in [4.69, 9.17) is 0 Å². The lowest BCUT2D eigenvalue weighted by molar-refractivity contribution is -0.200. The zero-order valence-corrected chi connectivity index (χ0v) is 23.0. The summed E-state index contributed by atoms with van der Waals surface area (Å²) in [6.07, 6.45) is 5.01. The highest BCUT2D eigenvalue weighted by Gasteiger charge is 2.58. The normalized spacial score (nSPS) is 31.2. The standard InChI is InChI=1S/C31H41F3N2O2/c1-19-8-11-24-23(10-13-26-29(2,3)27(37)14-16-30(24,26)4)22(19)6-5-7-28(38)35-21-9-12-25-20(18-21)15-17-36(25)31(32,33)34/h9,12,15,17-18,23-24,26-27,37H,5-8,10-11,13-14,16H2,1-4H3,(H,35,38)/t23-,24-,26-,27-,30+/m0/s1. The number of hydrogen-bond donors (Lipinski definition) is 2. The van der Waals surface area contributed by atoms with E-state index in [2.05, 4.69) is 33.0 Å². The molecular weight excluding hydrogens is 489 g/mol. The van der Waals surface area contributed by atoms with Crippen molar-refractivity contribution >= 4 is 22.5 Å². The molecule has 2 fully saturated rings. The first-order valence-corrected chi connectivity index (χ1v) is 14.2. The predicted molar refractivity (Wildman–Crippen MR) is 144 cm³/mol. The molecule has 0 bridgehead atoms. The fourth-order valence-corrected chi connectivity index (χ4v) is 8.53. The van der Waals surface area contributed by atoms with E-state index in [1.807, 2.05) is 0 Å². The molecular formula is C31H41F3N2O2. The molecule has 7 heteroatoms. The molecule has 1 heterocycles. The van der Waals surface area contributed by atoms with E-state index in [0.717, 1.165) is 51.1 Å². The monoisotopic (exact) mass is 530 g/mol. The summed E-state index contributed by atoms with van der Waals surface area (Å²) in [6, 6.07) is 5.94. The molecule has 3 aliphatic carbocycles. The van der Waals surface area contributed by atoms with E-state index < -0.39 is 6.30 Å². The summed E-state index contributed by atoms with van der Waals surface area (Å²) in [5.74, 6) is 1.63. The fourth-order valence-electron chi connectivity index (χ4n) is 8.53. The van der Waals surface area contributed by atoms with Crippen molar-refractivity contribution in [3.05, 3.63) is 41.6 Å². The minimum absolute atomic E-state index is 0.0508. The summed E-state index contributed by atoms with van der Waals surface area (Å²) < 4.78 is 39.6. The van der Waals surface area contributed by atoms with Crippen LogP contribution in [0.3, 0.4) is 0 Å². The number of allylic oxidation sites excluding steroid dienone is 2. The molecule has 0 aliphatic heterocycles. The van der Waals surface area contributed by atoms with Crippen molar-refractivity contribution in [2.24, 2.45) is 28.6 Å².